The van der Waals surface area contributed by atoms with Gasteiger partial charge in [0.1, 0.15) is 17.9 Å². The number of hydrogen-bond acceptors (Lipinski definition) is 6. The predicted octanol–water partition coefficient (Wildman–Crippen LogP) is 3.27. The van der Waals surface area contributed by atoms with Gasteiger partial charge in [-0.2, -0.15) is 0 Å². The van der Waals surface area contributed by atoms with Crippen molar-refractivity contribution in [3.8, 4) is 0 Å². The van der Waals surface area contributed by atoms with E-state index in [1.54, 1.807) is 20.8 Å². The van der Waals surface area contributed by atoms with Gasteiger partial charge in [-0.3, -0.25) is 0 Å². The van der Waals surface area contributed by atoms with E-state index in [-0.39, 0.29) is 11.6 Å². The largest absolute Gasteiger partial charge is 0.464 e. The molecule has 2 rings (SSSR count). The summed E-state index contributed by atoms with van der Waals surface area (Å²) < 4.78 is 15.3. The van der Waals surface area contributed by atoms with Crippen LogP contribution in [-0.2, 0) is 15.9 Å². The number of oxazole rings is 1. The Hall–Kier alpha value is -2.83. The second-order valence-electron chi connectivity index (χ2n) is 6.45. The summed E-state index contributed by atoms with van der Waals surface area (Å²) in [6.45, 7) is 5.33. The van der Waals surface area contributed by atoms with Crippen molar-refractivity contribution in [3.05, 3.63) is 53.7 Å². The number of aromatic nitrogens is 1. The number of benzene rings is 1. The zero-order valence-corrected chi connectivity index (χ0v) is 14.7. The molecule has 0 aliphatic rings. The molecule has 1 heterocycles. The number of esters is 1. The average molecular weight is 346 g/mol. The predicted molar refractivity (Wildman–Crippen MR) is 90.1 cm³/mol. The highest BCUT2D eigenvalue weighted by molar-refractivity contribution is 5.86. The molecule has 1 atom stereocenters. The summed E-state index contributed by atoms with van der Waals surface area (Å²) in [6, 6.07) is 8.96. The minimum Gasteiger partial charge on any atom is -0.464 e. The maximum Gasteiger partial charge on any atom is 0.408 e. The lowest BCUT2D eigenvalue weighted by molar-refractivity contribution is 0.0495. The van der Waals surface area contributed by atoms with E-state index in [9.17, 15) is 9.59 Å². The van der Waals surface area contributed by atoms with Gasteiger partial charge in [-0.1, -0.05) is 30.3 Å². The van der Waals surface area contributed by atoms with E-state index in [0.29, 0.717) is 6.42 Å². The monoisotopic (exact) mass is 346 g/mol. The van der Waals surface area contributed by atoms with Crippen molar-refractivity contribution in [2.45, 2.75) is 38.8 Å². The molecule has 0 aliphatic heterocycles. The lowest BCUT2D eigenvalue weighted by Crippen LogP contribution is -2.36. The van der Waals surface area contributed by atoms with Crippen LogP contribution in [0.5, 0.6) is 0 Å². The molecule has 0 radical (unpaired) electrons. The van der Waals surface area contributed by atoms with Gasteiger partial charge in [-0.15, -0.1) is 0 Å². The van der Waals surface area contributed by atoms with Gasteiger partial charge in [0, 0.05) is 6.42 Å². The Morgan fingerprint density at radius 2 is 1.92 bits per heavy atom. The van der Waals surface area contributed by atoms with Crippen LogP contribution in [0.4, 0.5) is 4.79 Å². The van der Waals surface area contributed by atoms with Crippen molar-refractivity contribution >= 4 is 12.1 Å². The molecule has 7 heteroatoms. The fraction of sp³-hybridized carbons (Fsp3) is 0.389. The Morgan fingerprint density at radius 1 is 1.24 bits per heavy atom. The van der Waals surface area contributed by atoms with E-state index in [1.165, 1.54) is 13.4 Å². The van der Waals surface area contributed by atoms with Crippen LogP contribution in [0.1, 0.15) is 48.8 Å². The maximum absolute atomic E-state index is 12.1. The van der Waals surface area contributed by atoms with Gasteiger partial charge in [0.2, 0.25) is 5.89 Å². The normalized spacial score (nSPS) is 12.3. The van der Waals surface area contributed by atoms with E-state index in [0.717, 1.165) is 5.56 Å². The second kappa shape index (κ2) is 7.83. The quantitative estimate of drug-likeness (QED) is 0.836. The number of nitrogens with zero attached hydrogens (tertiary/aromatic N) is 1. The molecule has 134 valence electrons. The highest BCUT2D eigenvalue weighted by atomic mass is 16.6. The lowest BCUT2D eigenvalue weighted by atomic mass is 10.1. The Balaban J connectivity index is 2.21. The highest BCUT2D eigenvalue weighted by Crippen LogP contribution is 2.20. The molecule has 1 aromatic carbocycles. The maximum atomic E-state index is 12.1. The summed E-state index contributed by atoms with van der Waals surface area (Å²) >= 11 is 0. The Labute approximate surface area is 146 Å². The van der Waals surface area contributed by atoms with Crippen LogP contribution >= 0.6 is 0 Å². The van der Waals surface area contributed by atoms with Crippen LogP contribution < -0.4 is 5.32 Å². The lowest BCUT2D eigenvalue weighted by Gasteiger charge is -2.22. The first-order valence-corrected chi connectivity index (χ1v) is 7.85. The summed E-state index contributed by atoms with van der Waals surface area (Å²) in [4.78, 5) is 27.8. The summed E-state index contributed by atoms with van der Waals surface area (Å²) in [5, 5.41) is 2.74. The molecule has 25 heavy (non-hydrogen) atoms. The Morgan fingerprint density at radius 3 is 2.52 bits per heavy atom. The van der Waals surface area contributed by atoms with E-state index in [4.69, 9.17) is 9.15 Å². The fourth-order valence-corrected chi connectivity index (χ4v) is 2.15. The number of amides is 1. The zero-order valence-electron chi connectivity index (χ0n) is 14.7. The van der Waals surface area contributed by atoms with Crippen molar-refractivity contribution < 1.29 is 23.5 Å². The van der Waals surface area contributed by atoms with Gasteiger partial charge in [0.05, 0.1) is 7.11 Å². The molecule has 0 saturated heterocycles. The standard InChI is InChI=1S/C18H22N2O5/c1-18(2,3)25-17(22)20-13(10-12-8-6-5-7-9-12)15-19-14(11-24-15)16(21)23-4/h5-9,11,13H,10H2,1-4H3,(H,20,22). The molecule has 0 bridgehead atoms. The molecule has 0 fully saturated rings. The topological polar surface area (TPSA) is 90.7 Å². The number of hydrogen-bond donors (Lipinski definition) is 1. The molecule has 1 aromatic heterocycles. The van der Waals surface area contributed by atoms with Crippen molar-refractivity contribution in [3.63, 3.8) is 0 Å². The Kier molecular flexibility index (Phi) is 5.80. The molecule has 1 amide bonds. The number of rotatable bonds is 5. The third-order valence-electron chi connectivity index (χ3n) is 3.19. The van der Waals surface area contributed by atoms with Gasteiger partial charge < -0.3 is 19.2 Å². The number of alkyl carbamates (subject to hydrolysis) is 1. The van der Waals surface area contributed by atoms with Crippen molar-refractivity contribution in [1.29, 1.82) is 0 Å². The molecule has 1 unspecified atom stereocenters. The smallest absolute Gasteiger partial charge is 0.408 e. The van der Waals surface area contributed by atoms with Crippen LogP contribution in [0.25, 0.3) is 0 Å². The van der Waals surface area contributed by atoms with Gasteiger partial charge in [-0.25, -0.2) is 14.6 Å². The van der Waals surface area contributed by atoms with Gasteiger partial charge in [-0.05, 0) is 26.3 Å². The first-order valence-electron chi connectivity index (χ1n) is 7.85. The number of carbonyl (C=O) groups excluding carboxylic acids is 2. The van der Waals surface area contributed by atoms with Crippen LogP contribution in [0.3, 0.4) is 0 Å². The number of methoxy groups -OCH3 is 1. The van der Waals surface area contributed by atoms with Crippen molar-refractivity contribution in [1.82, 2.24) is 10.3 Å². The SMILES string of the molecule is COC(=O)c1coc(C(Cc2ccccc2)NC(=O)OC(C)(C)C)n1. The summed E-state index contributed by atoms with van der Waals surface area (Å²) in [7, 11) is 1.26. The first kappa shape index (κ1) is 18.5. The van der Waals surface area contributed by atoms with Gasteiger partial charge in [0.25, 0.3) is 0 Å². The first-order chi connectivity index (χ1) is 11.8. The molecule has 2 aromatic rings. The third kappa shape index (κ3) is 5.63. The molecule has 1 N–H and O–H groups in total. The summed E-state index contributed by atoms with van der Waals surface area (Å²) in [5.74, 6) is -0.402. The molecular weight excluding hydrogens is 324 g/mol. The fourth-order valence-electron chi connectivity index (χ4n) is 2.15. The highest BCUT2D eigenvalue weighted by Gasteiger charge is 2.25. The van der Waals surface area contributed by atoms with Crippen molar-refractivity contribution in [2.75, 3.05) is 7.11 Å². The number of nitrogens with one attached hydrogen (secondary N) is 1. The van der Waals surface area contributed by atoms with E-state index in [1.807, 2.05) is 30.3 Å². The Bertz CT molecular complexity index is 719. The molecular formula is C18H22N2O5. The molecule has 0 spiro atoms. The van der Waals surface area contributed by atoms with Crippen molar-refractivity contribution in [2.24, 2.45) is 0 Å². The van der Waals surface area contributed by atoms with Crippen LogP contribution in [0.2, 0.25) is 0 Å². The zero-order chi connectivity index (χ0) is 18.4. The summed E-state index contributed by atoms with van der Waals surface area (Å²) in [6.07, 6.45) is 1.04. The third-order valence-corrected chi connectivity index (χ3v) is 3.19. The van der Waals surface area contributed by atoms with E-state index < -0.39 is 23.7 Å². The number of ether oxygens (including phenoxy) is 2. The molecule has 0 saturated carbocycles. The van der Waals surface area contributed by atoms with Crippen LogP contribution in [-0.4, -0.2) is 29.8 Å². The van der Waals surface area contributed by atoms with Crippen LogP contribution in [0, 0.1) is 0 Å². The van der Waals surface area contributed by atoms with Crippen LogP contribution in [0.15, 0.2) is 41.0 Å². The van der Waals surface area contributed by atoms with Gasteiger partial charge >= 0.3 is 12.1 Å². The van der Waals surface area contributed by atoms with E-state index >= 15 is 0 Å². The minimum absolute atomic E-state index is 0.0431. The summed E-state index contributed by atoms with van der Waals surface area (Å²) in [5.41, 5.74) is 0.387. The second-order valence-corrected chi connectivity index (χ2v) is 6.45. The molecule has 0 aliphatic carbocycles. The minimum atomic E-state index is -0.630. The average Bonchev–Trinajstić information content (AvgIpc) is 3.02. The molecule has 7 nitrogen and oxygen atoms in total. The van der Waals surface area contributed by atoms with E-state index in [2.05, 4.69) is 15.0 Å². The van der Waals surface area contributed by atoms with Gasteiger partial charge in [0.15, 0.2) is 5.69 Å². The number of carbonyl (C=O) groups is 2.